The van der Waals surface area contributed by atoms with Crippen molar-refractivity contribution < 1.29 is 14.0 Å². The normalized spacial score (nSPS) is 11.6. The molecule has 0 aliphatic carbocycles. The molecule has 0 aromatic heterocycles. The zero-order chi connectivity index (χ0) is 17.5. The summed E-state index contributed by atoms with van der Waals surface area (Å²) in [4.78, 5) is 24.0. The number of hydrogen-bond acceptors (Lipinski definition) is 3. The number of amides is 2. The van der Waals surface area contributed by atoms with Gasteiger partial charge in [-0.1, -0.05) is 17.7 Å². The van der Waals surface area contributed by atoms with E-state index >= 15 is 0 Å². The van der Waals surface area contributed by atoms with Crippen LogP contribution in [0.4, 0.5) is 15.8 Å². The highest BCUT2D eigenvalue weighted by atomic mass is 32.2. The van der Waals surface area contributed by atoms with Crippen LogP contribution in [0.1, 0.15) is 12.5 Å². The lowest BCUT2D eigenvalue weighted by Crippen LogP contribution is -2.25. The molecule has 0 heterocycles. The summed E-state index contributed by atoms with van der Waals surface area (Å²) in [5.41, 5.74) is 2.38. The van der Waals surface area contributed by atoms with Crippen LogP contribution in [0.3, 0.4) is 0 Å². The fourth-order valence-corrected chi connectivity index (χ4v) is 2.57. The third-order valence-corrected chi connectivity index (χ3v) is 4.42. The molecule has 0 fully saturated rings. The predicted molar refractivity (Wildman–Crippen MR) is 96.8 cm³/mol. The largest absolute Gasteiger partial charge is 0.325 e. The van der Waals surface area contributed by atoms with Crippen molar-refractivity contribution >= 4 is 35.0 Å². The Bertz CT molecular complexity index is 702. The highest BCUT2D eigenvalue weighted by Crippen LogP contribution is 2.16. The first-order chi connectivity index (χ1) is 11.4. The first-order valence-electron chi connectivity index (χ1n) is 7.48. The molecule has 2 N–H and O–H groups in total. The highest BCUT2D eigenvalue weighted by molar-refractivity contribution is 8.01. The van der Waals surface area contributed by atoms with E-state index in [0.29, 0.717) is 5.69 Å². The molecule has 0 aliphatic rings. The van der Waals surface area contributed by atoms with Gasteiger partial charge in [0.05, 0.1) is 11.0 Å². The van der Waals surface area contributed by atoms with Crippen molar-refractivity contribution in [2.45, 2.75) is 19.1 Å². The van der Waals surface area contributed by atoms with Crippen LogP contribution in [-0.4, -0.2) is 22.8 Å². The van der Waals surface area contributed by atoms with Crippen molar-refractivity contribution in [2.75, 3.05) is 16.4 Å². The number of rotatable bonds is 6. The quantitative estimate of drug-likeness (QED) is 0.836. The summed E-state index contributed by atoms with van der Waals surface area (Å²) in [6, 6.07) is 13.1. The first-order valence-corrected chi connectivity index (χ1v) is 8.53. The lowest BCUT2D eigenvalue weighted by molar-refractivity contribution is -0.115. The first kappa shape index (κ1) is 18.0. The van der Waals surface area contributed by atoms with Crippen molar-refractivity contribution in [3.63, 3.8) is 0 Å². The molecule has 2 rings (SSSR count). The molecule has 4 nitrogen and oxygen atoms in total. The van der Waals surface area contributed by atoms with Crippen LogP contribution >= 0.6 is 11.8 Å². The van der Waals surface area contributed by atoms with E-state index in [1.165, 1.54) is 36.0 Å². The number of nitrogens with one attached hydrogen (secondary N) is 2. The minimum atomic E-state index is -0.370. The number of aryl methyl sites for hydroxylation is 1. The Labute approximate surface area is 144 Å². The number of carbonyl (C=O) groups excluding carboxylic acids is 2. The van der Waals surface area contributed by atoms with Gasteiger partial charge in [0.25, 0.3) is 0 Å². The maximum atomic E-state index is 12.8. The van der Waals surface area contributed by atoms with Crippen molar-refractivity contribution in [3.8, 4) is 0 Å². The molecule has 0 unspecified atom stereocenters. The van der Waals surface area contributed by atoms with E-state index in [9.17, 15) is 14.0 Å². The fraction of sp³-hybridized carbons (Fsp3) is 0.222. The standard InChI is InChI=1S/C18H19FN2O2S/c1-12-3-7-16(8-4-12)21-18(23)13(2)24-11-17(22)20-15-9-5-14(19)6-10-15/h3-10,13H,11H2,1-2H3,(H,20,22)(H,21,23)/t13-/m0/s1. The van der Waals surface area contributed by atoms with Crippen LogP contribution in [0, 0.1) is 12.7 Å². The van der Waals surface area contributed by atoms with E-state index < -0.39 is 0 Å². The van der Waals surface area contributed by atoms with E-state index in [-0.39, 0.29) is 28.6 Å². The number of thioether (sulfide) groups is 1. The van der Waals surface area contributed by atoms with Crippen LogP contribution in [0.5, 0.6) is 0 Å². The maximum Gasteiger partial charge on any atom is 0.237 e. The summed E-state index contributed by atoms with van der Waals surface area (Å²) in [6.07, 6.45) is 0. The number of benzene rings is 2. The second-order valence-corrected chi connectivity index (χ2v) is 6.69. The minimum absolute atomic E-state index is 0.139. The summed E-state index contributed by atoms with van der Waals surface area (Å²) >= 11 is 1.24. The Hall–Kier alpha value is -2.34. The fourth-order valence-electron chi connectivity index (χ4n) is 1.89. The van der Waals surface area contributed by atoms with E-state index in [4.69, 9.17) is 0 Å². The second kappa shape index (κ2) is 8.49. The SMILES string of the molecule is Cc1ccc(NC(=O)[C@H](C)SCC(=O)Nc2ccc(F)cc2)cc1. The van der Waals surface area contributed by atoms with Gasteiger partial charge in [-0.3, -0.25) is 9.59 Å². The Morgan fingerprint density at radius 3 is 2.17 bits per heavy atom. The number of hydrogen-bond donors (Lipinski definition) is 2. The van der Waals surface area contributed by atoms with Crippen molar-refractivity contribution in [1.29, 1.82) is 0 Å². The number of anilines is 2. The van der Waals surface area contributed by atoms with E-state index in [0.717, 1.165) is 11.3 Å². The van der Waals surface area contributed by atoms with Gasteiger partial charge in [-0.05, 0) is 50.2 Å². The molecule has 0 saturated heterocycles. The summed E-state index contributed by atoms with van der Waals surface area (Å²) in [5, 5.41) is 5.11. The summed E-state index contributed by atoms with van der Waals surface area (Å²) in [6.45, 7) is 3.73. The third-order valence-electron chi connectivity index (χ3n) is 3.28. The lowest BCUT2D eigenvalue weighted by atomic mass is 10.2. The second-order valence-electron chi connectivity index (χ2n) is 5.36. The van der Waals surface area contributed by atoms with Crippen LogP contribution in [0.25, 0.3) is 0 Å². The summed E-state index contributed by atoms with van der Waals surface area (Å²) < 4.78 is 12.8. The van der Waals surface area contributed by atoms with Crippen LogP contribution in [0.15, 0.2) is 48.5 Å². The molecule has 6 heteroatoms. The number of halogens is 1. The zero-order valence-electron chi connectivity index (χ0n) is 13.5. The Morgan fingerprint density at radius 1 is 1.00 bits per heavy atom. The molecule has 2 aromatic carbocycles. The van der Waals surface area contributed by atoms with Gasteiger partial charge in [-0.25, -0.2) is 4.39 Å². The van der Waals surface area contributed by atoms with E-state index in [1.807, 2.05) is 31.2 Å². The van der Waals surface area contributed by atoms with Gasteiger partial charge in [0.2, 0.25) is 11.8 Å². The molecule has 0 radical (unpaired) electrons. The topological polar surface area (TPSA) is 58.2 Å². The predicted octanol–water partition coefficient (Wildman–Crippen LogP) is 3.83. The van der Waals surface area contributed by atoms with Gasteiger partial charge in [0, 0.05) is 11.4 Å². The molecule has 0 aliphatic heterocycles. The molecule has 2 amide bonds. The van der Waals surface area contributed by atoms with Gasteiger partial charge < -0.3 is 10.6 Å². The van der Waals surface area contributed by atoms with Crippen molar-refractivity contribution in [1.82, 2.24) is 0 Å². The monoisotopic (exact) mass is 346 g/mol. The lowest BCUT2D eigenvalue weighted by Gasteiger charge is -2.12. The summed E-state index contributed by atoms with van der Waals surface area (Å²) in [7, 11) is 0. The average molecular weight is 346 g/mol. The third kappa shape index (κ3) is 5.70. The molecule has 0 bridgehead atoms. The molecular formula is C18H19FN2O2S. The van der Waals surface area contributed by atoms with Gasteiger partial charge in [-0.15, -0.1) is 11.8 Å². The Morgan fingerprint density at radius 2 is 1.54 bits per heavy atom. The van der Waals surface area contributed by atoms with Crippen LogP contribution < -0.4 is 10.6 Å². The van der Waals surface area contributed by atoms with Crippen LogP contribution in [0.2, 0.25) is 0 Å². The Balaban J connectivity index is 1.77. The van der Waals surface area contributed by atoms with Gasteiger partial charge >= 0.3 is 0 Å². The molecule has 1 atom stereocenters. The van der Waals surface area contributed by atoms with E-state index in [2.05, 4.69) is 10.6 Å². The number of carbonyl (C=O) groups is 2. The zero-order valence-corrected chi connectivity index (χ0v) is 14.3. The van der Waals surface area contributed by atoms with Crippen molar-refractivity contribution in [3.05, 3.63) is 59.9 Å². The summed E-state index contributed by atoms with van der Waals surface area (Å²) in [5.74, 6) is -0.608. The smallest absolute Gasteiger partial charge is 0.237 e. The van der Waals surface area contributed by atoms with Crippen molar-refractivity contribution in [2.24, 2.45) is 0 Å². The maximum absolute atomic E-state index is 12.8. The van der Waals surface area contributed by atoms with Gasteiger partial charge in [-0.2, -0.15) is 0 Å². The molecule has 0 saturated carbocycles. The molecule has 0 spiro atoms. The average Bonchev–Trinajstić information content (AvgIpc) is 2.57. The highest BCUT2D eigenvalue weighted by Gasteiger charge is 2.15. The Kier molecular flexibility index (Phi) is 6.37. The molecule has 2 aromatic rings. The molecule has 24 heavy (non-hydrogen) atoms. The van der Waals surface area contributed by atoms with Crippen LogP contribution in [-0.2, 0) is 9.59 Å². The minimum Gasteiger partial charge on any atom is -0.325 e. The van der Waals surface area contributed by atoms with Gasteiger partial charge in [0.1, 0.15) is 5.82 Å². The van der Waals surface area contributed by atoms with E-state index in [1.54, 1.807) is 6.92 Å². The molecule has 126 valence electrons. The van der Waals surface area contributed by atoms with Gasteiger partial charge in [0.15, 0.2) is 0 Å². The molecular weight excluding hydrogens is 327 g/mol.